The smallest absolute Gasteiger partial charge is 0.410 e. The van der Waals surface area contributed by atoms with E-state index in [0.29, 0.717) is 19.0 Å². The summed E-state index contributed by atoms with van der Waals surface area (Å²) < 4.78 is 11.3. The Kier molecular flexibility index (Phi) is 8.89. The molecule has 0 aliphatic carbocycles. The highest BCUT2D eigenvalue weighted by Gasteiger charge is 2.38. The zero-order valence-corrected chi connectivity index (χ0v) is 30.6. The highest BCUT2D eigenvalue weighted by molar-refractivity contribution is 5.90. The third-order valence-corrected chi connectivity index (χ3v) is 9.52. The van der Waals surface area contributed by atoms with Gasteiger partial charge in [-0.25, -0.2) is 19.6 Å². The lowest BCUT2D eigenvalue weighted by Gasteiger charge is -2.27. The van der Waals surface area contributed by atoms with Gasteiger partial charge in [0.15, 0.2) is 0 Å². The molecule has 10 nitrogen and oxygen atoms in total. The van der Waals surface area contributed by atoms with Crippen molar-refractivity contribution in [3.8, 4) is 33.6 Å². The van der Waals surface area contributed by atoms with E-state index >= 15 is 0 Å². The first kappa shape index (κ1) is 34.3. The molecule has 51 heavy (non-hydrogen) atoms. The van der Waals surface area contributed by atoms with Crippen LogP contribution in [0.2, 0.25) is 0 Å². The number of hydrogen-bond acceptors (Lipinski definition) is 6. The van der Waals surface area contributed by atoms with Gasteiger partial charge in [0, 0.05) is 18.7 Å². The van der Waals surface area contributed by atoms with Crippen LogP contribution in [0.15, 0.2) is 73.1 Å². The van der Waals surface area contributed by atoms with Gasteiger partial charge in [0.25, 0.3) is 0 Å². The lowest BCUT2D eigenvalue weighted by Crippen LogP contribution is -2.37. The van der Waals surface area contributed by atoms with Crippen LogP contribution in [0.25, 0.3) is 44.4 Å². The predicted molar refractivity (Wildman–Crippen MR) is 199 cm³/mol. The van der Waals surface area contributed by atoms with E-state index in [1.165, 1.54) is 0 Å². The van der Waals surface area contributed by atoms with Crippen molar-refractivity contribution in [2.75, 3.05) is 13.1 Å². The normalized spacial score (nSPS) is 19.5. The standard InChI is InChI=1S/C41H48N6O4/c1-25-19-35(47(24-25)39(49)51-41(5,6)7)37-43-22-32(44-37)27-12-10-26(11-13-27)28-14-15-30-21-31(17-16-29(30)20-28)33-23-42-36(45-33)34-9-8-18-46(34)38(48)50-40(2,3)4/h10-17,20-23,25,34-35H,8-9,18-19,24H2,1-7H3,(H,42,45)(H,43,44)/t25-,34-,35-/m0/s1. The van der Waals surface area contributed by atoms with Crippen LogP contribution in [0.4, 0.5) is 9.59 Å². The molecule has 3 aromatic carbocycles. The van der Waals surface area contributed by atoms with Crippen LogP contribution in [0.5, 0.6) is 0 Å². The Balaban J connectivity index is 1.04. The zero-order chi connectivity index (χ0) is 36.1. The van der Waals surface area contributed by atoms with Crippen LogP contribution in [0.3, 0.4) is 0 Å². The van der Waals surface area contributed by atoms with Crippen LogP contribution in [0.1, 0.15) is 91.5 Å². The molecule has 5 aromatic rings. The number of H-pyrrole nitrogens is 2. The number of nitrogens with zero attached hydrogens (tertiary/aromatic N) is 4. The largest absolute Gasteiger partial charge is 0.444 e. The Hall–Kier alpha value is -5.12. The Morgan fingerprint density at radius 1 is 0.686 bits per heavy atom. The maximum Gasteiger partial charge on any atom is 0.410 e. The first-order valence-electron chi connectivity index (χ1n) is 17.9. The second kappa shape index (κ2) is 13.2. The van der Waals surface area contributed by atoms with E-state index in [1.807, 2.05) is 53.9 Å². The van der Waals surface area contributed by atoms with Gasteiger partial charge < -0.3 is 19.4 Å². The van der Waals surface area contributed by atoms with Gasteiger partial charge in [-0.1, -0.05) is 55.5 Å². The zero-order valence-electron chi connectivity index (χ0n) is 30.6. The summed E-state index contributed by atoms with van der Waals surface area (Å²) in [6.07, 6.45) is 5.72. The quantitative estimate of drug-likeness (QED) is 0.190. The molecule has 0 unspecified atom stereocenters. The molecular formula is C41H48N6O4. The molecule has 2 N–H and O–H groups in total. The Labute approximate surface area is 299 Å². The van der Waals surface area contributed by atoms with Crippen molar-refractivity contribution < 1.29 is 19.1 Å². The van der Waals surface area contributed by atoms with Gasteiger partial charge >= 0.3 is 12.2 Å². The summed E-state index contributed by atoms with van der Waals surface area (Å²) in [5, 5.41) is 2.28. The number of aromatic amines is 2. The van der Waals surface area contributed by atoms with Crippen molar-refractivity contribution in [1.82, 2.24) is 29.7 Å². The number of carbonyl (C=O) groups excluding carboxylic acids is 2. The topological polar surface area (TPSA) is 116 Å². The van der Waals surface area contributed by atoms with E-state index < -0.39 is 11.2 Å². The molecule has 266 valence electrons. The molecule has 2 aromatic heterocycles. The molecule has 2 fully saturated rings. The maximum atomic E-state index is 13.0. The van der Waals surface area contributed by atoms with Crippen LogP contribution in [0, 0.1) is 5.92 Å². The second-order valence-corrected chi connectivity index (χ2v) is 16.0. The van der Waals surface area contributed by atoms with Crippen molar-refractivity contribution in [2.24, 2.45) is 5.92 Å². The van der Waals surface area contributed by atoms with Gasteiger partial charge in [-0.3, -0.25) is 9.80 Å². The molecule has 2 aliphatic rings. The fourth-order valence-corrected chi connectivity index (χ4v) is 7.16. The number of hydrogen-bond donors (Lipinski definition) is 2. The van der Waals surface area contributed by atoms with E-state index in [9.17, 15) is 9.59 Å². The van der Waals surface area contributed by atoms with Crippen LogP contribution < -0.4 is 0 Å². The minimum Gasteiger partial charge on any atom is -0.444 e. The molecule has 2 amide bonds. The molecule has 4 heterocycles. The number of fused-ring (bicyclic) bond motifs is 1. The molecule has 7 rings (SSSR count). The van der Waals surface area contributed by atoms with Gasteiger partial charge in [-0.15, -0.1) is 0 Å². The SMILES string of the molecule is C[C@H]1C[C@@H](c2ncc(-c3ccc(-c4ccc5cc(-c6cnc([C@@H]7CCCN7C(=O)OC(C)(C)C)[nH]6)ccc5c4)cc3)[nH]2)N(C(=O)OC(C)(C)C)C1. The number of likely N-dealkylation sites (tertiary alicyclic amines) is 2. The predicted octanol–water partition coefficient (Wildman–Crippen LogP) is 9.68. The Morgan fingerprint density at radius 3 is 1.82 bits per heavy atom. The Morgan fingerprint density at radius 2 is 1.20 bits per heavy atom. The lowest BCUT2D eigenvalue weighted by molar-refractivity contribution is 0.0206. The third kappa shape index (κ3) is 7.50. The average molecular weight is 689 g/mol. The highest BCUT2D eigenvalue weighted by atomic mass is 16.6. The highest BCUT2D eigenvalue weighted by Crippen LogP contribution is 2.37. The molecule has 2 aliphatic heterocycles. The van der Waals surface area contributed by atoms with E-state index in [4.69, 9.17) is 14.5 Å². The molecule has 3 atom stereocenters. The summed E-state index contributed by atoms with van der Waals surface area (Å²) in [7, 11) is 0. The molecule has 0 saturated carbocycles. The van der Waals surface area contributed by atoms with Crippen molar-refractivity contribution in [3.63, 3.8) is 0 Å². The molecule has 2 saturated heterocycles. The summed E-state index contributed by atoms with van der Waals surface area (Å²) in [6.45, 7) is 14.8. The monoisotopic (exact) mass is 688 g/mol. The van der Waals surface area contributed by atoms with Crippen molar-refractivity contribution >= 4 is 23.0 Å². The number of amides is 2. The van der Waals surface area contributed by atoms with Gasteiger partial charge in [-0.05, 0) is 106 Å². The number of ether oxygens (including phenoxy) is 2. The number of carbonyl (C=O) groups is 2. The fraction of sp³-hybridized carbons (Fsp3) is 0.415. The van der Waals surface area contributed by atoms with Crippen molar-refractivity contribution in [3.05, 3.63) is 84.7 Å². The lowest BCUT2D eigenvalue weighted by atomic mass is 9.98. The van der Waals surface area contributed by atoms with E-state index in [1.54, 1.807) is 9.80 Å². The number of benzene rings is 3. The number of aromatic nitrogens is 4. The van der Waals surface area contributed by atoms with E-state index in [2.05, 4.69) is 82.5 Å². The fourth-order valence-electron chi connectivity index (χ4n) is 7.16. The van der Waals surface area contributed by atoms with Crippen LogP contribution in [-0.4, -0.2) is 66.2 Å². The van der Waals surface area contributed by atoms with Crippen LogP contribution in [-0.2, 0) is 9.47 Å². The van der Waals surface area contributed by atoms with Crippen molar-refractivity contribution in [1.29, 1.82) is 0 Å². The summed E-state index contributed by atoms with van der Waals surface area (Å²) in [6, 6.07) is 21.1. The minimum absolute atomic E-state index is 0.121. The first-order valence-corrected chi connectivity index (χ1v) is 17.9. The number of nitrogens with one attached hydrogen (secondary N) is 2. The summed E-state index contributed by atoms with van der Waals surface area (Å²) in [5.41, 5.74) is 5.07. The van der Waals surface area contributed by atoms with Gasteiger partial charge in [0.1, 0.15) is 22.9 Å². The van der Waals surface area contributed by atoms with Gasteiger partial charge in [-0.2, -0.15) is 0 Å². The maximum absolute atomic E-state index is 13.0. The molecule has 0 spiro atoms. The summed E-state index contributed by atoms with van der Waals surface area (Å²) in [4.78, 5) is 45.7. The molecule has 0 bridgehead atoms. The van der Waals surface area contributed by atoms with Gasteiger partial charge in [0.2, 0.25) is 0 Å². The first-order chi connectivity index (χ1) is 24.2. The van der Waals surface area contributed by atoms with Crippen LogP contribution >= 0.6 is 0 Å². The minimum atomic E-state index is -0.549. The second-order valence-electron chi connectivity index (χ2n) is 16.0. The van der Waals surface area contributed by atoms with E-state index in [-0.39, 0.29) is 24.3 Å². The van der Waals surface area contributed by atoms with Crippen molar-refractivity contribution in [2.45, 2.75) is 91.0 Å². The third-order valence-electron chi connectivity index (χ3n) is 9.52. The average Bonchev–Trinajstić information content (AvgIpc) is 3.89. The number of rotatable bonds is 5. The number of imidazole rings is 2. The van der Waals surface area contributed by atoms with Gasteiger partial charge in [0.05, 0.1) is 35.9 Å². The Bertz CT molecular complexity index is 2050. The van der Waals surface area contributed by atoms with E-state index in [0.717, 1.165) is 75.3 Å². The summed E-state index contributed by atoms with van der Waals surface area (Å²) in [5.74, 6) is 1.93. The summed E-state index contributed by atoms with van der Waals surface area (Å²) >= 11 is 0. The molecule has 10 heteroatoms. The molecular weight excluding hydrogens is 640 g/mol. The molecule has 0 radical (unpaired) electrons.